The Morgan fingerprint density at radius 3 is 2.33 bits per heavy atom. The topological polar surface area (TPSA) is 90.9 Å². The molecule has 2 aromatic rings. The molecule has 0 fully saturated rings. The lowest BCUT2D eigenvalue weighted by Crippen LogP contribution is -2.30. The molecule has 0 saturated heterocycles. The summed E-state index contributed by atoms with van der Waals surface area (Å²) in [5.74, 6) is 0.122. The minimum atomic E-state index is -0.623. The van der Waals surface area contributed by atoms with Crippen molar-refractivity contribution in [2.24, 2.45) is 0 Å². The predicted octanol–water partition coefficient (Wildman–Crippen LogP) is 2.48. The molecular weight excluding hydrogens is 370 g/mol. The van der Waals surface area contributed by atoms with Crippen molar-refractivity contribution in [2.75, 3.05) is 27.4 Å². The predicted molar refractivity (Wildman–Crippen MR) is 101 cm³/mol. The number of nitrogens with one attached hydrogen (secondary N) is 1. The highest BCUT2D eigenvalue weighted by Gasteiger charge is 2.14. The van der Waals surface area contributed by atoms with E-state index >= 15 is 0 Å². The molecule has 1 N–H and O–H groups in total. The molecule has 144 valence electrons. The maximum Gasteiger partial charge on any atom is 0.348 e. The normalized spacial score (nSPS) is 10.2. The minimum absolute atomic E-state index is 0.119. The highest BCUT2D eigenvalue weighted by molar-refractivity contribution is 7.15. The highest BCUT2D eigenvalue weighted by atomic mass is 32.1. The van der Waals surface area contributed by atoms with Gasteiger partial charge in [-0.3, -0.25) is 9.59 Å². The standard InChI is InChI=1S/C19H21NO6S/c1-12(21)16-6-7-17(27-16)19(23)26-11-18(22)20-9-8-13-4-5-14(24-2)15(10-13)25-3/h4-7,10H,8-9,11H2,1-3H3,(H,20,22). The summed E-state index contributed by atoms with van der Waals surface area (Å²) in [6.07, 6.45) is 0.590. The molecule has 27 heavy (non-hydrogen) atoms. The second-order valence-corrected chi connectivity index (χ2v) is 6.67. The van der Waals surface area contributed by atoms with Gasteiger partial charge in [-0.1, -0.05) is 6.07 Å². The van der Waals surface area contributed by atoms with Crippen molar-refractivity contribution in [2.45, 2.75) is 13.3 Å². The summed E-state index contributed by atoms with van der Waals surface area (Å²) in [4.78, 5) is 35.7. The lowest BCUT2D eigenvalue weighted by atomic mass is 10.1. The molecule has 0 spiro atoms. The summed E-state index contributed by atoms with van der Waals surface area (Å²) >= 11 is 1.04. The van der Waals surface area contributed by atoms with Crippen molar-refractivity contribution in [1.29, 1.82) is 0 Å². The first-order chi connectivity index (χ1) is 12.9. The Labute approximate surface area is 161 Å². The number of carbonyl (C=O) groups excluding carboxylic acids is 3. The summed E-state index contributed by atoms with van der Waals surface area (Å²) in [6, 6.07) is 8.60. The molecule has 1 aromatic carbocycles. The van der Waals surface area contributed by atoms with E-state index < -0.39 is 11.9 Å². The van der Waals surface area contributed by atoms with Gasteiger partial charge >= 0.3 is 5.97 Å². The maximum absolute atomic E-state index is 11.9. The molecule has 2 rings (SSSR count). The molecule has 0 bridgehead atoms. The number of thiophene rings is 1. The SMILES string of the molecule is COc1ccc(CCNC(=O)COC(=O)c2ccc(C(C)=O)s2)cc1OC. The Balaban J connectivity index is 1.76. The minimum Gasteiger partial charge on any atom is -0.493 e. The molecule has 0 unspecified atom stereocenters. The summed E-state index contributed by atoms with van der Waals surface area (Å²) in [5, 5.41) is 2.69. The van der Waals surface area contributed by atoms with Gasteiger partial charge < -0.3 is 19.5 Å². The number of hydrogen-bond donors (Lipinski definition) is 1. The van der Waals surface area contributed by atoms with Crippen LogP contribution in [0.2, 0.25) is 0 Å². The van der Waals surface area contributed by atoms with Gasteiger partial charge in [0.1, 0.15) is 4.88 Å². The molecule has 0 saturated carbocycles. The molecule has 0 atom stereocenters. The summed E-state index contributed by atoms with van der Waals surface area (Å²) in [5.41, 5.74) is 0.972. The fraction of sp³-hybridized carbons (Fsp3) is 0.316. The largest absolute Gasteiger partial charge is 0.493 e. The number of hydrogen-bond acceptors (Lipinski definition) is 7. The summed E-state index contributed by atoms with van der Waals surface area (Å²) in [6.45, 7) is 1.43. The van der Waals surface area contributed by atoms with E-state index in [0.717, 1.165) is 16.9 Å². The third-order valence-electron chi connectivity index (χ3n) is 3.67. The third-order valence-corrected chi connectivity index (χ3v) is 4.84. The number of benzene rings is 1. The van der Waals surface area contributed by atoms with Crippen molar-refractivity contribution in [3.05, 3.63) is 45.6 Å². The first-order valence-corrected chi connectivity index (χ1v) is 9.01. The van der Waals surface area contributed by atoms with Crippen molar-refractivity contribution >= 4 is 29.0 Å². The van der Waals surface area contributed by atoms with Crippen LogP contribution in [-0.2, 0) is 16.0 Å². The molecule has 1 heterocycles. The second-order valence-electron chi connectivity index (χ2n) is 5.59. The zero-order valence-corrected chi connectivity index (χ0v) is 16.2. The number of amides is 1. The van der Waals surface area contributed by atoms with Crippen LogP contribution in [0.1, 0.15) is 31.8 Å². The Morgan fingerprint density at radius 1 is 1.00 bits per heavy atom. The van der Waals surface area contributed by atoms with E-state index in [9.17, 15) is 14.4 Å². The number of Topliss-reactive ketones (excluding diaryl/α,β-unsaturated/α-hetero) is 1. The van der Waals surface area contributed by atoms with Crippen LogP contribution < -0.4 is 14.8 Å². The van der Waals surface area contributed by atoms with E-state index in [1.54, 1.807) is 26.4 Å². The van der Waals surface area contributed by atoms with Gasteiger partial charge in [0.2, 0.25) is 0 Å². The average Bonchev–Trinajstić information content (AvgIpc) is 3.16. The van der Waals surface area contributed by atoms with Crippen LogP contribution in [0.15, 0.2) is 30.3 Å². The molecular formula is C19H21NO6S. The molecule has 0 aliphatic carbocycles. The molecule has 1 amide bonds. The van der Waals surface area contributed by atoms with Crippen molar-refractivity contribution in [3.8, 4) is 11.5 Å². The average molecular weight is 391 g/mol. The van der Waals surface area contributed by atoms with Gasteiger partial charge in [-0.2, -0.15) is 0 Å². The van der Waals surface area contributed by atoms with Crippen LogP contribution in [0.5, 0.6) is 11.5 Å². The van der Waals surface area contributed by atoms with Crippen LogP contribution in [0.25, 0.3) is 0 Å². The molecule has 8 heteroatoms. The zero-order valence-electron chi connectivity index (χ0n) is 15.4. The zero-order chi connectivity index (χ0) is 19.8. The van der Waals surface area contributed by atoms with Gasteiger partial charge in [0.05, 0.1) is 19.1 Å². The van der Waals surface area contributed by atoms with Crippen LogP contribution in [0, 0.1) is 0 Å². The smallest absolute Gasteiger partial charge is 0.348 e. The molecule has 0 aliphatic rings. The van der Waals surface area contributed by atoms with Crippen LogP contribution >= 0.6 is 11.3 Å². The lowest BCUT2D eigenvalue weighted by Gasteiger charge is -2.10. The Hall–Kier alpha value is -2.87. The van der Waals surface area contributed by atoms with Gasteiger partial charge in [-0.25, -0.2) is 4.79 Å². The first kappa shape index (κ1) is 20.4. The molecule has 1 aromatic heterocycles. The molecule has 0 radical (unpaired) electrons. The van der Waals surface area contributed by atoms with Crippen LogP contribution in [-0.4, -0.2) is 45.0 Å². The van der Waals surface area contributed by atoms with Gasteiger partial charge in [0.25, 0.3) is 5.91 Å². The van der Waals surface area contributed by atoms with Crippen molar-refractivity contribution in [1.82, 2.24) is 5.32 Å². The van der Waals surface area contributed by atoms with E-state index in [0.29, 0.717) is 34.2 Å². The number of ketones is 1. The maximum atomic E-state index is 11.9. The highest BCUT2D eigenvalue weighted by Crippen LogP contribution is 2.27. The Morgan fingerprint density at radius 2 is 1.70 bits per heavy atom. The number of carbonyl (C=O) groups is 3. The Kier molecular flexibility index (Phi) is 7.36. The lowest BCUT2D eigenvalue weighted by molar-refractivity contribution is -0.124. The van der Waals surface area contributed by atoms with E-state index in [1.807, 2.05) is 12.1 Å². The summed E-state index contributed by atoms with van der Waals surface area (Å²) < 4.78 is 15.4. The first-order valence-electron chi connectivity index (χ1n) is 8.20. The van der Waals surface area contributed by atoms with Crippen LogP contribution in [0.3, 0.4) is 0 Å². The van der Waals surface area contributed by atoms with Crippen molar-refractivity contribution < 1.29 is 28.6 Å². The van der Waals surface area contributed by atoms with Gasteiger partial charge in [-0.05, 0) is 43.2 Å². The Bertz CT molecular complexity index is 829. The number of esters is 1. The number of rotatable bonds is 9. The van der Waals surface area contributed by atoms with E-state index in [1.165, 1.54) is 13.0 Å². The fourth-order valence-corrected chi connectivity index (χ4v) is 3.07. The van der Waals surface area contributed by atoms with Crippen LogP contribution in [0.4, 0.5) is 0 Å². The number of ether oxygens (including phenoxy) is 3. The molecule has 7 nitrogen and oxygen atoms in total. The monoisotopic (exact) mass is 391 g/mol. The molecule has 0 aliphatic heterocycles. The quantitative estimate of drug-likeness (QED) is 0.522. The summed E-state index contributed by atoms with van der Waals surface area (Å²) in [7, 11) is 3.13. The van der Waals surface area contributed by atoms with Crippen molar-refractivity contribution in [3.63, 3.8) is 0 Å². The van der Waals surface area contributed by atoms with Gasteiger partial charge in [-0.15, -0.1) is 11.3 Å². The third kappa shape index (κ3) is 5.82. The van der Waals surface area contributed by atoms with E-state index in [-0.39, 0.29) is 12.4 Å². The number of methoxy groups -OCH3 is 2. The van der Waals surface area contributed by atoms with Gasteiger partial charge in [0.15, 0.2) is 23.9 Å². The van der Waals surface area contributed by atoms with Gasteiger partial charge in [0, 0.05) is 6.54 Å². The fourth-order valence-electron chi connectivity index (χ4n) is 2.27. The second kappa shape index (κ2) is 9.72. The van der Waals surface area contributed by atoms with E-state index in [4.69, 9.17) is 14.2 Å². The van der Waals surface area contributed by atoms with E-state index in [2.05, 4.69) is 5.32 Å².